The lowest BCUT2D eigenvalue weighted by Gasteiger charge is -2.31. The number of carbonyl (C=O) groups excluding carboxylic acids is 1. The maximum Gasteiger partial charge on any atom is 0.227 e. The molecule has 0 spiro atoms. The molecule has 1 N–H and O–H groups in total. The molecule has 0 radical (unpaired) electrons. The molecule has 2 heterocycles. The number of nitrogens with zero attached hydrogens (tertiary/aromatic N) is 3. The zero-order valence-electron chi connectivity index (χ0n) is 18.5. The number of rotatable bonds is 5. The minimum atomic E-state index is 0.0209. The summed E-state index contributed by atoms with van der Waals surface area (Å²) in [6, 6.07) is 16.5. The summed E-state index contributed by atoms with van der Waals surface area (Å²) in [5.41, 5.74) is 5.51. The molecular weight excluding hydrogens is 384 g/mol. The van der Waals surface area contributed by atoms with E-state index in [0.29, 0.717) is 5.92 Å². The van der Waals surface area contributed by atoms with Crippen molar-refractivity contribution in [2.24, 2.45) is 5.92 Å². The van der Waals surface area contributed by atoms with Crippen LogP contribution in [0.5, 0.6) is 0 Å². The monoisotopic (exact) mass is 414 g/mol. The number of benzene rings is 2. The molecule has 1 amide bonds. The van der Waals surface area contributed by atoms with Crippen LogP contribution in [0.4, 0.5) is 11.6 Å². The highest BCUT2D eigenvalue weighted by Crippen LogP contribution is 2.25. The first-order valence-corrected chi connectivity index (χ1v) is 11.0. The highest BCUT2D eigenvalue weighted by atomic mass is 16.1. The van der Waals surface area contributed by atoms with E-state index < -0.39 is 0 Å². The topological polar surface area (TPSA) is 58.1 Å². The van der Waals surface area contributed by atoms with Gasteiger partial charge in [0.05, 0.1) is 0 Å². The molecule has 3 aromatic rings. The molecule has 2 aromatic carbocycles. The van der Waals surface area contributed by atoms with Crippen LogP contribution in [-0.2, 0) is 4.79 Å². The number of carbonyl (C=O) groups is 1. The van der Waals surface area contributed by atoms with E-state index in [4.69, 9.17) is 0 Å². The largest absolute Gasteiger partial charge is 0.341 e. The van der Waals surface area contributed by atoms with E-state index in [1.165, 1.54) is 11.1 Å². The van der Waals surface area contributed by atoms with Gasteiger partial charge in [0.15, 0.2) is 0 Å². The first-order valence-electron chi connectivity index (χ1n) is 11.0. The van der Waals surface area contributed by atoms with Crippen molar-refractivity contribution in [2.75, 3.05) is 23.3 Å². The number of hydrogen-bond donors (Lipinski definition) is 1. The van der Waals surface area contributed by atoms with Gasteiger partial charge in [-0.15, -0.1) is 0 Å². The SMILES string of the molecule is Cc1cccc(-c2cnc(N3CCC(C(=O)Nc4ccc(C(C)C)cc4)CC3)nc2)c1. The fraction of sp³-hybridized carbons (Fsp3) is 0.346. The Bertz CT molecular complexity index is 1020. The van der Waals surface area contributed by atoms with Crippen molar-refractivity contribution in [2.45, 2.75) is 39.5 Å². The first kappa shape index (κ1) is 21.0. The van der Waals surface area contributed by atoms with Gasteiger partial charge in [0.25, 0.3) is 0 Å². The van der Waals surface area contributed by atoms with Gasteiger partial charge in [0.1, 0.15) is 0 Å². The summed E-state index contributed by atoms with van der Waals surface area (Å²) in [6.07, 6.45) is 5.38. The Kier molecular flexibility index (Phi) is 6.31. The quantitative estimate of drug-likeness (QED) is 0.605. The van der Waals surface area contributed by atoms with Crippen LogP contribution in [0.3, 0.4) is 0 Å². The summed E-state index contributed by atoms with van der Waals surface area (Å²) in [7, 11) is 0. The van der Waals surface area contributed by atoms with Crippen LogP contribution in [-0.4, -0.2) is 29.0 Å². The Balaban J connectivity index is 1.32. The molecule has 1 aromatic heterocycles. The lowest BCUT2D eigenvalue weighted by Crippen LogP contribution is -2.39. The van der Waals surface area contributed by atoms with Gasteiger partial charge in [0.2, 0.25) is 11.9 Å². The van der Waals surface area contributed by atoms with Crippen LogP contribution in [0.2, 0.25) is 0 Å². The first-order chi connectivity index (χ1) is 15.0. The van der Waals surface area contributed by atoms with Gasteiger partial charge in [-0.05, 0) is 48.9 Å². The number of nitrogens with one attached hydrogen (secondary N) is 1. The molecule has 1 fully saturated rings. The fourth-order valence-electron chi connectivity index (χ4n) is 4.00. The van der Waals surface area contributed by atoms with E-state index in [9.17, 15) is 4.79 Å². The van der Waals surface area contributed by atoms with Crippen LogP contribution in [0.25, 0.3) is 11.1 Å². The fourth-order valence-corrected chi connectivity index (χ4v) is 4.00. The number of aromatic nitrogens is 2. The third-order valence-corrected chi connectivity index (χ3v) is 5.98. The second-order valence-corrected chi connectivity index (χ2v) is 8.67. The number of amides is 1. The Morgan fingerprint density at radius 3 is 2.29 bits per heavy atom. The minimum absolute atomic E-state index is 0.0209. The van der Waals surface area contributed by atoms with Gasteiger partial charge in [-0.1, -0.05) is 55.8 Å². The number of anilines is 2. The third kappa shape index (κ3) is 5.10. The molecule has 31 heavy (non-hydrogen) atoms. The van der Waals surface area contributed by atoms with E-state index in [2.05, 4.69) is 71.3 Å². The highest BCUT2D eigenvalue weighted by Gasteiger charge is 2.26. The van der Waals surface area contributed by atoms with E-state index in [-0.39, 0.29) is 11.8 Å². The summed E-state index contributed by atoms with van der Waals surface area (Å²) in [4.78, 5) is 24.0. The highest BCUT2D eigenvalue weighted by molar-refractivity contribution is 5.92. The minimum Gasteiger partial charge on any atom is -0.341 e. The van der Waals surface area contributed by atoms with Crippen molar-refractivity contribution in [3.63, 3.8) is 0 Å². The number of aryl methyl sites for hydroxylation is 1. The summed E-state index contributed by atoms with van der Waals surface area (Å²) >= 11 is 0. The maximum absolute atomic E-state index is 12.7. The van der Waals surface area contributed by atoms with Gasteiger partial charge >= 0.3 is 0 Å². The summed E-state index contributed by atoms with van der Waals surface area (Å²) in [6.45, 7) is 7.99. The van der Waals surface area contributed by atoms with E-state index in [0.717, 1.165) is 48.7 Å². The lowest BCUT2D eigenvalue weighted by molar-refractivity contribution is -0.120. The van der Waals surface area contributed by atoms with E-state index in [1.54, 1.807) is 0 Å². The Morgan fingerprint density at radius 2 is 1.68 bits per heavy atom. The summed E-state index contributed by atoms with van der Waals surface area (Å²) in [5.74, 6) is 1.35. The average molecular weight is 415 g/mol. The molecule has 0 unspecified atom stereocenters. The van der Waals surface area contributed by atoms with Gasteiger partial charge in [-0.25, -0.2) is 9.97 Å². The van der Waals surface area contributed by atoms with Gasteiger partial charge in [-0.3, -0.25) is 4.79 Å². The molecule has 1 saturated heterocycles. The van der Waals surface area contributed by atoms with Crippen LogP contribution in [0, 0.1) is 12.8 Å². The van der Waals surface area contributed by atoms with Crippen LogP contribution in [0.15, 0.2) is 60.9 Å². The van der Waals surface area contributed by atoms with Gasteiger partial charge in [-0.2, -0.15) is 0 Å². The molecule has 0 aliphatic carbocycles. The molecule has 5 nitrogen and oxygen atoms in total. The maximum atomic E-state index is 12.7. The zero-order chi connectivity index (χ0) is 21.8. The molecule has 1 aliphatic rings. The van der Waals surface area contributed by atoms with E-state index in [1.807, 2.05) is 30.6 Å². The van der Waals surface area contributed by atoms with Gasteiger partial charge < -0.3 is 10.2 Å². The Morgan fingerprint density at radius 1 is 1.00 bits per heavy atom. The predicted molar refractivity (Wildman–Crippen MR) is 126 cm³/mol. The van der Waals surface area contributed by atoms with Crippen molar-refractivity contribution in [1.29, 1.82) is 0 Å². The van der Waals surface area contributed by atoms with Gasteiger partial charge in [0, 0.05) is 42.7 Å². The normalized spacial score (nSPS) is 14.6. The summed E-state index contributed by atoms with van der Waals surface area (Å²) in [5, 5.41) is 3.07. The van der Waals surface area contributed by atoms with Crippen molar-refractivity contribution in [3.05, 3.63) is 72.1 Å². The zero-order valence-corrected chi connectivity index (χ0v) is 18.5. The van der Waals surface area contributed by atoms with Crippen LogP contribution < -0.4 is 10.2 Å². The van der Waals surface area contributed by atoms with E-state index >= 15 is 0 Å². The number of piperidine rings is 1. The number of hydrogen-bond acceptors (Lipinski definition) is 4. The third-order valence-electron chi connectivity index (χ3n) is 5.98. The van der Waals surface area contributed by atoms with Crippen molar-refractivity contribution in [3.8, 4) is 11.1 Å². The Hall–Kier alpha value is -3.21. The molecule has 0 atom stereocenters. The molecular formula is C26H30N4O. The molecule has 1 aliphatic heterocycles. The average Bonchev–Trinajstić information content (AvgIpc) is 2.80. The smallest absolute Gasteiger partial charge is 0.227 e. The standard InChI is InChI=1S/C26H30N4O/c1-18(2)20-7-9-24(10-8-20)29-25(31)21-11-13-30(14-12-21)26-27-16-23(17-28-26)22-6-4-5-19(3)15-22/h4-10,15-18,21H,11-14H2,1-3H3,(H,29,31). The van der Waals surface area contributed by atoms with Crippen molar-refractivity contribution >= 4 is 17.5 Å². The van der Waals surface area contributed by atoms with Crippen molar-refractivity contribution < 1.29 is 4.79 Å². The van der Waals surface area contributed by atoms with Crippen LogP contribution >= 0.6 is 0 Å². The molecule has 4 rings (SSSR count). The van der Waals surface area contributed by atoms with Crippen LogP contribution in [0.1, 0.15) is 43.7 Å². The Labute approximate surface area is 184 Å². The molecule has 5 heteroatoms. The van der Waals surface area contributed by atoms with Crippen molar-refractivity contribution in [1.82, 2.24) is 9.97 Å². The lowest BCUT2D eigenvalue weighted by atomic mass is 9.96. The second kappa shape index (κ2) is 9.29. The second-order valence-electron chi connectivity index (χ2n) is 8.67. The summed E-state index contributed by atoms with van der Waals surface area (Å²) < 4.78 is 0. The molecule has 0 saturated carbocycles. The molecule has 0 bridgehead atoms. The predicted octanol–water partition coefficient (Wildman–Crippen LogP) is 5.43. The molecule has 160 valence electrons.